The van der Waals surface area contributed by atoms with Crippen LogP contribution in [0.4, 0.5) is 0 Å². The Morgan fingerprint density at radius 1 is 0.789 bits per heavy atom. The fraction of sp³-hybridized carbons (Fsp3) is 0. The van der Waals surface area contributed by atoms with Gasteiger partial charge in [-0.05, 0) is 24.3 Å². The highest BCUT2D eigenvalue weighted by Crippen LogP contribution is 2.30. The summed E-state index contributed by atoms with van der Waals surface area (Å²) in [7, 11) is 1.00. The monoisotopic (exact) mass is 297 g/mol. The van der Waals surface area contributed by atoms with Crippen molar-refractivity contribution in [1.29, 1.82) is 0 Å². The number of phenols is 2. The second kappa shape index (κ2) is 5.95. The Labute approximate surface area is 120 Å². The van der Waals surface area contributed by atoms with Crippen LogP contribution in [0.5, 0.6) is 23.0 Å². The van der Waals surface area contributed by atoms with Crippen molar-refractivity contribution in [1.82, 2.24) is 0 Å². The third-order valence-corrected chi connectivity index (χ3v) is 2.80. The van der Waals surface area contributed by atoms with Crippen molar-refractivity contribution in [3.63, 3.8) is 0 Å². The van der Waals surface area contributed by atoms with E-state index in [9.17, 15) is 10.2 Å². The van der Waals surface area contributed by atoms with Crippen LogP contribution in [0.15, 0.2) is 36.4 Å². The number of hydrogen-bond donors (Lipinski definition) is 2. The van der Waals surface area contributed by atoms with E-state index in [0.717, 1.165) is 7.69 Å². The Bertz CT molecular complexity index is 540. The zero-order valence-corrected chi connectivity index (χ0v) is 11.0. The molecule has 0 bridgehead atoms. The van der Waals surface area contributed by atoms with Gasteiger partial charge in [0.05, 0.1) is 10.0 Å². The van der Waals surface area contributed by atoms with Gasteiger partial charge in [-0.15, -0.1) is 0 Å². The number of rotatable bonds is 4. The van der Waals surface area contributed by atoms with Crippen molar-refractivity contribution in [2.45, 2.75) is 0 Å². The van der Waals surface area contributed by atoms with Crippen LogP contribution in [0.3, 0.4) is 0 Å². The first kappa shape index (κ1) is 13.7. The molecule has 0 saturated carbocycles. The van der Waals surface area contributed by atoms with E-state index in [4.69, 9.17) is 32.5 Å². The Morgan fingerprint density at radius 3 is 1.63 bits per heavy atom. The molecule has 0 fully saturated rings. The van der Waals surface area contributed by atoms with Gasteiger partial charge >= 0.3 is 7.69 Å². The standard InChI is InChI=1S/C12H8BCl2O4/c14-9-3-1-7(16)5-11(9)18-13-19-12-6-8(17)2-4-10(12)15/h1-6,16-17H. The van der Waals surface area contributed by atoms with E-state index in [1.54, 1.807) is 0 Å². The molecule has 0 spiro atoms. The van der Waals surface area contributed by atoms with Gasteiger partial charge in [0.15, 0.2) is 0 Å². The Morgan fingerprint density at radius 2 is 1.21 bits per heavy atom. The summed E-state index contributed by atoms with van der Waals surface area (Å²) in [6.45, 7) is 0. The van der Waals surface area contributed by atoms with Crippen LogP contribution in [0, 0.1) is 0 Å². The Balaban J connectivity index is 2.00. The third kappa shape index (κ3) is 3.62. The van der Waals surface area contributed by atoms with Crippen LogP contribution in [-0.4, -0.2) is 17.9 Å². The van der Waals surface area contributed by atoms with Gasteiger partial charge in [-0.3, -0.25) is 0 Å². The van der Waals surface area contributed by atoms with Crippen LogP contribution in [-0.2, 0) is 0 Å². The first-order valence-corrected chi connectivity index (χ1v) is 5.94. The van der Waals surface area contributed by atoms with Crippen LogP contribution in [0.2, 0.25) is 10.0 Å². The molecule has 0 amide bonds. The summed E-state index contributed by atoms with van der Waals surface area (Å²) in [5.41, 5.74) is 0. The van der Waals surface area contributed by atoms with Gasteiger partial charge in [-0.2, -0.15) is 0 Å². The summed E-state index contributed by atoms with van der Waals surface area (Å²) >= 11 is 11.7. The maximum atomic E-state index is 9.29. The normalized spacial score (nSPS) is 10.0. The molecule has 0 aliphatic rings. The van der Waals surface area contributed by atoms with E-state index < -0.39 is 0 Å². The Kier molecular flexibility index (Phi) is 4.29. The summed E-state index contributed by atoms with van der Waals surface area (Å²) in [4.78, 5) is 0. The molecule has 0 aliphatic carbocycles. The van der Waals surface area contributed by atoms with Crippen LogP contribution in [0.25, 0.3) is 0 Å². The molecule has 0 heterocycles. The molecule has 2 aromatic rings. The second-order valence-electron chi connectivity index (χ2n) is 3.56. The highest BCUT2D eigenvalue weighted by Gasteiger charge is 2.09. The van der Waals surface area contributed by atoms with Crippen molar-refractivity contribution in [3.05, 3.63) is 46.4 Å². The van der Waals surface area contributed by atoms with E-state index in [0.29, 0.717) is 10.0 Å². The topological polar surface area (TPSA) is 58.9 Å². The largest absolute Gasteiger partial charge is 0.658 e. The summed E-state index contributed by atoms with van der Waals surface area (Å²) in [5, 5.41) is 19.2. The van der Waals surface area contributed by atoms with E-state index in [-0.39, 0.29) is 23.0 Å². The first-order valence-electron chi connectivity index (χ1n) is 5.18. The second-order valence-corrected chi connectivity index (χ2v) is 4.38. The van der Waals surface area contributed by atoms with Gasteiger partial charge in [0, 0.05) is 12.1 Å². The van der Waals surface area contributed by atoms with Crippen molar-refractivity contribution in [3.8, 4) is 23.0 Å². The van der Waals surface area contributed by atoms with Crippen molar-refractivity contribution < 1.29 is 19.5 Å². The number of halogens is 2. The highest BCUT2D eigenvalue weighted by atomic mass is 35.5. The lowest BCUT2D eigenvalue weighted by Crippen LogP contribution is -2.11. The molecule has 97 valence electrons. The lowest BCUT2D eigenvalue weighted by molar-refractivity contribution is 0.443. The molecule has 1 radical (unpaired) electrons. The maximum Gasteiger partial charge on any atom is 0.658 e. The van der Waals surface area contributed by atoms with Gasteiger partial charge in [0.1, 0.15) is 23.0 Å². The zero-order valence-electron chi connectivity index (χ0n) is 9.51. The van der Waals surface area contributed by atoms with Crippen molar-refractivity contribution in [2.24, 2.45) is 0 Å². The molecule has 19 heavy (non-hydrogen) atoms. The van der Waals surface area contributed by atoms with Gasteiger partial charge in [-0.1, -0.05) is 23.2 Å². The zero-order chi connectivity index (χ0) is 13.8. The number of benzene rings is 2. The van der Waals surface area contributed by atoms with Gasteiger partial charge in [-0.25, -0.2) is 0 Å². The minimum Gasteiger partial charge on any atom is -0.525 e. The van der Waals surface area contributed by atoms with E-state index in [2.05, 4.69) is 0 Å². The molecule has 7 heteroatoms. The Hall–Kier alpha value is -1.72. The summed E-state index contributed by atoms with van der Waals surface area (Å²) in [6, 6.07) is 8.52. The van der Waals surface area contributed by atoms with Crippen molar-refractivity contribution >= 4 is 30.9 Å². The van der Waals surface area contributed by atoms with E-state index >= 15 is 0 Å². The molecule has 2 rings (SSSR count). The molecule has 0 aliphatic heterocycles. The lowest BCUT2D eigenvalue weighted by atomic mass is 10.2. The van der Waals surface area contributed by atoms with Gasteiger partial charge in [0.2, 0.25) is 0 Å². The maximum absolute atomic E-state index is 9.29. The number of phenolic OH excluding ortho intramolecular Hbond substituents is 2. The minimum absolute atomic E-state index is 0.0168. The van der Waals surface area contributed by atoms with Crippen LogP contribution >= 0.6 is 23.2 Å². The third-order valence-electron chi connectivity index (χ3n) is 2.18. The molecule has 4 nitrogen and oxygen atoms in total. The molecular weight excluding hydrogens is 290 g/mol. The molecule has 0 saturated heterocycles. The van der Waals surface area contributed by atoms with E-state index in [1.165, 1.54) is 36.4 Å². The fourth-order valence-corrected chi connectivity index (χ4v) is 1.62. The lowest BCUT2D eigenvalue weighted by Gasteiger charge is -2.09. The predicted octanol–water partition coefficient (Wildman–Crippen LogP) is 3.40. The average molecular weight is 298 g/mol. The molecule has 0 unspecified atom stereocenters. The van der Waals surface area contributed by atoms with E-state index in [1.807, 2.05) is 0 Å². The molecule has 0 atom stereocenters. The van der Waals surface area contributed by atoms with Gasteiger partial charge < -0.3 is 19.5 Å². The minimum atomic E-state index is 0.0168. The first-order chi connectivity index (χ1) is 9.06. The summed E-state index contributed by atoms with van der Waals surface area (Å²) < 4.78 is 10.3. The van der Waals surface area contributed by atoms with Crippen molar-refractivity contribution in [2.75, 3.05) is 0 Å². The number of aromatic hydroxyl groups is 2. The summed E-state index contributed by atoms with van der Waals surface area (Å²) in [5.74, 6) is 0.502. The number of hydrogen-bond acceptors (Lipinski definition) is 4. The summed E-state index contributed by atoms with van der Waals surface area (Å²) in [6.07, 6.45) is 0. The predicted molar refractivity (Wildman–Crippen MR) is 73.2 cm³/mol. The molecule has 2 N–H and O–H groups in total. The van der Waals surface area contributed by atoms with Crippen LogP contribution in [0.1, 0.15) is 0 Å². The quantitative estimate of drug-likeness (QED) is 0.849. The molecular formula is C12H8BCl2O4. The molecule has 2 aromatic carbocycles. The van der Waals surface area contributed by atoms with Crippen LogP contribution < -0.4 is 9.31 Å². The molecule has 0 aromatic heterocycles. The highest BCUT2D eigenvalue weighted by molar-refractivity contribution is 6.33. The van der Waals surface area contributed by atoms with Gasteiger partial charge in [0.25, 0.3) is 0 Å². The average Bonchev–Trinajstić information content (AvgIpc) is 2.38. The smallest absolute Gasteiger partial charge is 0.525 e. The fourth-order valence-electron chi connectivity index (χ4n) is 1.29. The SMILES string of the molecule is Oc1ccc(Cl)c(O[B]Oc2cc(O)ccc2Cl)c1.